The highest BCUT2D eigenvalue weighted by Gasteiger charge is 2.47. The Morgan fingerprint density at radius 3 is 2.68 bits per heavy atom. The number of carbonyl (C=O) groups excluding carboxylic acids is 1. The lowest BCUT2D eigenvalue weighted by Crippen LogP contribution is -2.51. The van der Waals surface area contributed by atoms with Crippen LogP contribution < -0.4 is 9.47 Å². The topological polar surface area (TPSA) is 48.0 Å². The highest BCUT2D eigenvalue weighted by molar-refractivity contribution is 14.1. The normalized spacial score (nSPS) is 20.8. The molecule has 1 fully saturated rings. The van der Waals surface area contributed by atoms with Crippen molar-refractivity contribution in [3.05, 3.63) is 33.9 Å². The van der Waals surface area contributed by atoms with E-state index in [9.17, 15) is 4.79 Å². The first-order chi connectivity index (χ1) is 12.1. The summed E-state index contributed by atoms with van der Waals surface area (Å²) in [7, 11) is 4.75. The maximum Gasteiger partial charge on any atom is 0.326 e. The zero-order chi connectivity index (χ0) is 18.3. The summed E-state index contributed by atoms with van der Waals surface area (Å²) in [5, 5.41) is 0. The number of benzene rings is 1. The molecule has 25 heavy (non-hydrogen) atoms. The monoisotopic (exact) mass is 459 g/mol. The Morgan fingerprint density at radius 2 is 2.04 bits per heavy atom. The first-order valence-electron chi connectivity index (χ1n) is 8.41. The molecule has 2 rings (SSSR count). The van der Waals surface area contributed by atoms with Gasteiger partial charge in [-0.25, -0.2) is 0 Å². The zero-order valence-corrected chi connectivity index (χ0v) is 17.2. The van der Waals surface area contributed by atoms with E-state index >= 15 is 0 Å². The fourth-order valence-corrected chi connectivity index (χ4v) is 3.79. The molecule has 0 aliphatic carbocycles. The molecule has 1 aromatic rings. The second-order valence-corrected chi connectivity index (χ2v) is 6.84. The Hall–Kier alpha value is -1.28. The van der Waals surface area contributed by atoms with Crippen molar-refractivity contribution in [3.8, 4) is 11.5 Å². The molecule has 0 aromatic heterocycles. The summed E-state index contributed by atoms with van der Waals surface area (Å²) in [5.41, 5.74) is 0.625. The van der Waals surface area contributed by atoms with Gasteiger partial charge in [0, 0.05) is 6.54 Å². The number of nitrogens with zero attached hydrogens (tertiary/aromatic N) is 1. The van der Waals surface area contributed by atoms with Crippen LogP contribution in [0.1, 0.15) is 24.8 Å². The van der Waals surface area contributed by atoms with Gasteiger partial charge >= 0.3 is 5.97 Å². The van der Waals surface area contributed by atoms with Gasteiger partial charge in [0.1, 0.15) is 5.54 Å². The molecule has 6 heteroatoms. The highest BCUT2D eigenvalue weighted by Crippen LogP contribution is 2.35. The van der Waals surface area contributed by atoms with Crippen molar-refractivity contribution in [2.75, 3.05) is 34.4 Å². The molecular formula is C19H26INO4. The van der Waals surface area contributed by atoms with Crippen molar-refractivity contribution in [3.63, 3.8) is 0 Å². The number of carbonyl (C=O) groups is 1. The molecule has 0 spiro atoms. The van der Waals surface area contributed by atoms with E-state index < -0.39 is 5.54 Å². The van der Waals surface area contributed by atoms with Crippen LogP contribution >= 0.6 is 22.6 Å². The number of likely N-dealkylation sites (tertiary alicyclic amines) is 1. The molecular weight excluding hydrogens is 433 g/mol. The lowest BCUT2D eigenvalue weighted by Gasteiger charge is -2.35. The van der Waals surface area contributed by atoms with E-state index in [2.05, 4.69) is 27.5 Å². The molecule has 1 heterocycles. The molecule has 0 saturated carbocycles. The summed E-state index contributed by atoms with van der Waals surface area (Å²) < 4.78 is 17.8. The van der Waals surface area contributed by atoms with Gasteiger partial charge in [-0.15, -0.1) is 0 Å². The highest BCUT2D eigenvalue weighted by atomic mass is 127. The van der Waals surface area contributed by atoms with Crippen LogP contribution in [-0.2, 0) is 16.0 Å². The van der Waals surface area contributed by atoms with E-state index in [1.165, 1.54) is 7.11 Å². The van der Waals surface area contributed by atoms with Gasteiger partial charge < -0.3 is 14.2 Å². The van der Waals surface area contributed by atoms with Gasteiger partial charge in [-0.2, -0.15) is 0 Å². The lowest BCUT2D eigenvalue weighted by molar-refractivity contribution is -0.153. The minimum Gasteiger partial charge on any atom is -0.493 e. The van der Waals surface area contributed by atoms with Gasteiger partial charge in [-0.3, -0.25) is 9.69 Å². The summed E-state index contributed by atoms with van der Waals surface area (Å²) in [6.07, 6.45) is 5.43. The van der Waals surface area contributed by atoms with E-state index in [1.54, 1.807) is 14.2 Å². The van der Waals surface area contributed by atoms with Gasteiger partial charge in [0.05, 0.1) is 21.3 Å². The van der Waals surface area contributed by atoms with Crippen LogP contribution in [0.25, 0.3) is 0 Å². The van der Waals surface area contributed by atoms with Crippen LogP contribution in [0.15, 0.2) is 28.4 Å². The maximum absolute atomic E-state index is 12.5. The van der Waals surface area contributed by atoms with Crippen molar-refractivity contribution in [1.29, 1.82) is 0 Å². The average Bonchev–Trinajstić information content (AvgIpc) is 3.07. The van der Waals surface area contributed by atoms with Gasteiger partial charge in [0.2, 0.25) is 0 Å². The Morgan fingerprint density at radius 1 is 1.28 bits per heavy atom. The van der Waals surface area contributed by atoms with Gasteiger partial charge in [-0.1, -0.05) is 34.7 Å². The molecule has 0 radical (unpaired) electrons. The number of halogens is 1. The molecule has 1 aromatic carbocycles. The number of hydrogen-bond donors (Lipinski definition) is 0. The number of rotatable bonds is 8. The molecule has 0 unspecified atom stereocenters. The second kappa shape index (κ2) is 9.43. The van der Waals surface area contributed by atoms with Crippen molar-refractivity contribution >= 4 is 28.6 Å². The Balaban J connectivity index is 2.13. The standard InChI is InChI=1S/C19H26INO4/c1-23-16-7-6-15(14-17(16)24-2)8-13-21-12-5-10-19(21,9-4-11-20)18(22)25-3/h4,6-7,11,14H,5,8-10,12-13H2,1-3H3/b11-4-/t19-/m1/s1. The Labute approximate surface area is 163 Å². The van der Waals surface area contributed by atoms with E-state index in [4.69, 9.17) is 14.2 Å². The molecule has 138 valence electrons. The molecule has 0 amide bonds. The maximum atomic E-state index is 12.5. The predicted molar refractivity (Wildman–Crippen MR) is 107 cm³/mol. The predicted octanol–water partition coefficient (Wildman–Crippen LogP) is 3.59. The second-order valence-electron chi connectivity index (χ2n) is 6.12. The minimum atomic E-state index is -0.535. The van der Waals surface area contributed by atoms with Crippen LogP contribution in [0.3, 0.4) is 0 Å². The number of methoxy groups -OCH3 is 3. The third-order valence-corrected chi connectivity index (χ3v) is 5.36. The van der Waals surface area contributed by atoms with Crippen LogP contribution in [0.2, 0.25) is 0 Å². The first-order valence-corrected chi connectivity index (χ1v) is 9.65. The van der Waals surface area contributed by atoms with Crippen LogP contribution in [0, 0.1) is 0 Å². The smallest absolute Gasteiger partial charge is 0.326 e. The van der Waals surface area contributed by atoms with E-state index in [-0.39, 0.29) is 5.97 Å². The molecule has 1 aliphatic rings. The number of esters is 1. The fourth-order valence-electron chi connectivity index (χ4n) is 3.54. The largest absolute Gasteiger partial charge is 0.493 e. The fraction of sp³-hybridized carbons (Fsp3) is 0.526. The molecule has 1 aliphatic heterocycles. The Kier molecular flexibility index (Phi) is 7.56. The zero-order valence-electron chi connectivity index (χ0n) is 15.1. The molecule has 1 saturated heterocycles. The Bertz CT molecular complexity index is 619. The van der Waals surface area contributed by atoms with Gasteiger partial charge in [-0.05, 0) is 54.0 Å². The quantitative estimate of drug-likeness (QED) is 0.440. The van der Waals surface area contributed by atoms with E-state index in [0.29, 0.717) is 6.42 Å². The van der Waals surface area contributed by atoms with Crippen molar-refractivity contribution < 1.29 is 19.0 Å². The van der Waals surface area contributed by atoms with Crippen molar-refractivity contribution in [1.82, 2.24) is 4.90 Å². The SMILES string of the molecule is COC(=O)[C@@]1(C/C=C\I)CCCN1CCc1ccc(OC)c(OC)c1. The summed E-state index contributed by atoms with van der Waals surface area (Å²) in [4.78, 5) is 14.8. The van der Waals surface area contributed by atoms with Crippen LogP contribution in [0.4, 0.5) is 0 Å². The summed E-state index contributed by atoms with van der Waals surface area (Å²) >= 11 is 2.19. The van der Waals surface area contributed by atoms with Crippen molar-refractivity contribution in [2.45, 2.75) is 31.2 Å². The van der Waals surface area contributed by atoms with Crippen molar-refractivity contribution in [2.24, 2.45) is 0 Å². The average molecular weight is 459 g/mol. The van der Waals surface area contributed by atoms with E-state index in [1.807, 2.05) is 28.4 Å². The summed E-state index contributed by atoms with van der Waals surface area (Å²) in [6.45, 7) is 1.72. The molecule has 0 N–H and O–H groups in total. The third kappa shape index (κ3) is 4.47. The molecule has 1 atom stereocenters. The van der Waals surface area contributed by atoms with Gasteiger partial charge in [0.15, 0.2) is 11.5 Å². The molecule has 5 nitrogen and oxygen atoms in total. The van der Waals surface area contributed by atoms with E-state index in [0.717, 1.165) is 49.4 Å². The summed E-state index contributed by atoms with van der Waals surface area (Å²) in [5.74, 6) is 1.32. The minimum absolute atomic E-state index is 0.133. The van der Waals surface area contributed by atoms with Gasteiger partial charge in [0.25, 0.3) is 0 Å². The number of hydrogen-bond acceptors (Lipinski definition) is 5. The third-order valence-electron chi connectivity index (χ3n) is 4.85. The lowest BCUT2D eigenvalue weighted by atomic mass is 9.91. The number of ether oxygens (including phenoxy) is 3. The van der Waals surface area contributed by atoms with Crippen LogP contribution in [0.5, 0.6) is 11.5 Å². The van der Waals surface area contributed by atoms with Crippen LogP contribution in [-0.4, -0.2) is 50.8 Å². The summed E-state index contributed by atoms with van der Waals surface area (Å²) in [6, 6.07) is 5.96. The first kappa shape index (κ1) is 20.0. The molecule has 0 bridgehead atoms.